The van der Waals surface area contributed by atoms with Crippen LogP contribution in [0.4, 0.5) is 10.7 Å². The number of carbonyl (C=O) groups excluding carboxylic acids is 2. The van der Waals surface area contributed by atoms with Gasteiger partial charge in [-0.3, -0.25) is 9.59 Å². The maximum absolute atomic E-state index is 13.5. The van der Waals surface area contributed by atoms with Crippen LogP contribution in [0.2, 0.25) is 0 Å². The van der Waals surface area contributed by atoms with Crippen LogP contribution in [0.3, 0.4) is 0 Å². The smallest absolute Gasteiger partial charge is 0.266 e. The van der Waals surface area contributed by atoms with E-state index in [4.69, 9.17) is 0 Å². The Morgan fingerprint density at radius 3 is 2.50 bits per heavy atom. The van der Waals surface area contributed by atoms with Gasteiger partial charge in [0.25, 0.3) is 11.8 Å². The predicted molar refractivity (Wildman–Crippen MR) is 135 cm³/mol. The minimum Gasteiger partial charge on any atom is -0.322 e. The average Bonchev–Trinajstić information content (AvgIpc) is 3.36. The molecule has 32 heavy (non-hydrogen) atoms. The Kier molecular flexibility index (Phi) is 6.28. The summed E-state index contributed by atoms with van der Waals surface area (Å²) in [6.45, 7) is 10.9. The fraction of sp³-hybridized carbons (Fsp3) is 0.385. The Balaban J connectivity index is 1.69. The van der Waals surface area contributed by atoms with Gasteiger partial charge in [0.05, 0.1) is 10.4 Å². The second-order valence-electron chi connectivity index (χ2n) is 9.72. The molecule has 1 aliphatic carbocycles. The molecular formula is C26H30N2O2S2. The minimum absolute atomic E-state index is 0.148. The molecule has 0 fully saturated rings. The van der Waals surface area contributed by atoms with Crippen LogP contribution in [0, 0.1) is 25.2 Å². The number of nitrogens with one attached hydrogen (secondary N) is 2. The van der Waals surface area contributed by atoms with Crippen LogP contribution >= 0.6 is 22.7 Å². The fourth-order valence-corrected chi connectivity index (χ4v) is 6.30. The molecule has 4 rings (SSSR count). The molecule has 6 heteroatoms. The van der Waals surface area contributed by atoms with E-state index in [-0.39, 0.29) is 17.2 Å². The molecule has 3 aromatic rings. The van der Waals surface area contributed by atoms with E-state index in [1.165, 1.54) is 16.2 Å². The van der Waals surface area contributed by atoms with Gasteiger partial charge in [0.1, 0.15) is 5.00 Å². The summed E-state index contributed by atoms with van der Waals surface area (Å²) in [5.41, 5.74) is 4.93. The summed E-state index contributed by atoms with van der Waals surface area (Å²) in [7, 11) is 0. The Morgan fingerprint density at radius 2 is 1.84 bits per heavy atom. The molecule has 2 amide bonds. The standard InChI is InChI=1S/C26H30N2O2S2/c1-15-8-11-19(16(2)13-15)27-24(30)22-18-10-9-17(26(3,4)5)14-21(18)32-25(22)28-23(29)20-7-6-12-31-20/h6-8,11-13,17H,9-10,14H2,1-5H3,(H,27,30)(H,28,29). The molecule has 1 aliphatic rings. The van der Waals surface area contributed by atoms with E-state index in [0.29, 0.717) is 21.4 Å². The average molecular weight is 467 g/mol. The number of hydrogen-bond donors (Lipinski definition) is 2. The van der Waals surface area contributed by atoms with Crippen molar-refractivity contribution in [3.63, 3.8) is 0 Å². The summed E-state index contributed by atoms with van der Waals surface area (Å²) in [6, 6.07) is 9.67. The van der Waals surface area contributed by atoms with Crippen LogP contribution < -0.4 is 10.6 Å². The predicted octanol–water partition coefficient (Wildman–Crippen LogP) is 7.08. The van der Waals surface area contributed by atoms with Crippen LogP contribution in [-0.2, 0) is 12.8 Å². The minimum atomic E-state index is -0.161. The molecule has 0 radical (unpaired) electrons. The fourth-order valence-electron chi connectivity index (χ4n) is 4.36. The van der Waals surface area contributed by atoms with Crippen molar-refractivity contribution >= 4 is 45.2 Å². The first-order chi connectivity index (χ1) is 15.1. The zero-order valence-electron chi connectivity index (χ0n) is 19.3. The van der Waals surface area contributed by atoms with Crippen molar-refractivity contribution in [3.05, 3.63) is 67.7 Å². The topological polar surface area (TPSA) is 58.2 Å². The van der Waals surface area contributed by atoms with Crippen LogP contribution in [0.1, 0.15) is 68.8 Å². The molecule has 0 aliphatic heterocycles. The van der Waals surface area contributed by atoms with Gasteiger partial charge >= 0.3 is 0 Å². The molecule has 4 nitrogen and oxygen atoms in total. The third-order valence-corrected chi connectivity index (χ3v) is 8.36. The highest BCUT2D eigenvalue weighted by Crippen LogP contribution is 2.44. The molecule has 0 spiro atoms. The van der Waals surface area contributed by atoms with E-state index < -0.39 is 0 Å². The number of hydrogen-bond acceptors (Lipinski definition) is 4. The van der Waals surface area contributed by atoms with Gasteiger partial charge in [-0.25, -0.2) is 0 Å². The Morgan fingerprint density at radius 1 is 1.06 bits per heavy atom. The van der Waals surface area contributed by atoms with Crippen molar-refractivity contribution in [1.82, 2.24) is 0 Å². The Hall–Kier alpha value is -2.44. The first-order valence-electron chi connectivity index (χ1n) is 11.0. The van der Waals surface area contributed by atoms with E-state index >= 15 is 0 Å². The molecule has 0 bridgehead atoms. The van der Waals surface area contributed by atoms with Crippen molar-refractivity contribution in [3.8, 4) is 0 Å². The van der Waals surface area contributed by atoms with E-state index in [0.717, 1.165) is 41.6 Å². The van der Waals surface area contributed by atoms with Crippen LogP contribution in [0.15, 0.2) is 35.7 Å². The number of benzene rings is 1. The van der Waals surface area contributed by atoms with Gasteiger partial charge in [0, 0.05) is 10.6 Å². The van der Waals surface area contributed by atoms with Gasteiger partial charge in [0.15, 0.2) is 0 Å². The van der Waals surface area contributed by atoms with Crippen LogP contribution in [0.5, 0.6) is 0 Å². The van der Waals surface area contributed by atoms with Gasteiger partial charge < -0.3 is 10.6 Å². The van der Waals surface area contributed by atoms with Gasteiger partial charge in [0.2, 0.25) is 0 Å². The lowest BCUT2D eigenvalue weighted by Crippen LogP contribution is -2.27. The quantitative estimate of drug-likeness (QED) is 0.431. The summed E-state index contributed by atoms with van der Waals surface area (Å²) in [5, 5.41) is 8.68. The maximum atomic E-state index is 13.5. The SMILES string of the molecule is Cc1ccc(NC(=O)c2c(NC(=O)c3cccs3)sc3c2CCC(C(C)(C)C)C3)c(C)c1. The van der Waals surface area contributed by atoms with Gasteiger partial charge in [-0.2, -0.15) is 0 Å². The summed E-state index contributed by atoms with van der Waals surface area (Å²) < 4.78 is 0. The van der Waals surface area contributed by atoms with Crippen molar-refractivity contribution < 1.29 is 9.59 Å². The van der Waals surface area contributed by atoms with Crippen molar-refractivity contribution in [2.45, 2.75) is 53.9 Å². The Bertz CT molecular complexity index is 1150. The maximum Gasteiger partial charge on any atom is 0.266 e. The molecule has 0 saturated heterocycles. The van der Waals surface area contributed by atoms with Crippen molar-refractivity contribution in [2.75, 3.05) is 10.6 Å². The van der Waals surface area contributed by atoms with E-state index in [1.807, 2.05) is 37.4 Å². The number of aryl methyl sites for hydroxylation is 2. The van der Waals surface area contributed by atoms with Crippen LogP contribution in [0.25, 0.3) is 0 Å². The van der Waals surface area contributed by atoms with Crippen LogP contribution in [-0.4, -0.2) is 11.8 Å². The molecular weight excluding hydrogens is 436 g/mol. The van der Waals surface area contributed by atoms with Gasteiger partial charge in [-0.1, -0.05) is 44.5 Å². The number of anilines is 2. The second-order valence-corrected chi connectivity index (χ2v) is 11.8. The van der Waals surface area contributed by atoms with E-state index in [9.17, 15) is 9.59 Å². The van der Waals surface area contributed by atoms with Crippen molar-refractivity contribution in [2.24, 2.45) is 11.3 Å². The highest BCUT2D eigenvalue weighted by Gasteiger charge is 2.34. The number of carbonyl (C=O) groups is 2. The molecule has 168 valence electrons. The first kappa shape index (κ1) is 22.7. The zero-order valence-corrected chi connectivity index (χ0v) is 20.9. The lowest BCUT2D eigenvalue weighted by atomic mass is 9.72. The normalized spacial score (nSPS) is 15.8. The summed E-state index contributed by atoms with van der Waals surface area (Å²) >= 11 is 2.97. The molecule has 1 atom stereocenters. The second kappa shape index (κ2) is 8.83. The molecule has 2 aromatic heterocycles. The summed E-state index contributed by atoms with van der Waals surface area (Å²) in [4.78, 5) is 28.2. The van der Waals surface area contributed by atoms with E-state index in [2.05, 4.69) is 37.5 Å². The first-order valence-corrected chi connectivity index (χ1v) is 12.7. The third kappa shape index (κ3) is 4.66. The Labute approximate surface area is 198 Å². The summed E-state index contributed by atoms with van der Waals surface area (Å²) in [6.07, 6.45) is 2.86. The molecule has 2 heterocycles. The number of rotatable bonds is 4. The zero-order chi connectivity index (χ0) is 23.0. The largest absolute Gasteiger partial charge is 0.322 e. The molecule has 1 unspecified atom stereocenters. The molecule has 0 saturated carbocycles. The lowest BCUT2D eigenvalue weighted by molar-refractivity contribution is 0.102. The summed E-state index contributed by atoms with van der Waals surface area (Å²) in [5.74, 6) is 0.251. The third-order valence-electron chi connectivity index (χ3n) is 6.32. The molecule has 1 aromatic carbocycles. The van der Waals surface area contributed by atoms with Gasteiger partial charge in [-0.15, -0.1) is 22.7 Å². The van der Waals surface area contributed by atoms with Gasteiger partial charge in [-0.05, 0) is 73.1 Å². The molecule has 2 N–H and O–H groups in total. The lowest BCUT2D eigenvalue weighted by Gasteiger charge is -2.33. The highest BCUT2D eigenvalue weighted by molar-refractivity contribution is 7.17. The highest BCUT2D eigenvalue weighted by atomic mass is 32.1. The number of thiophene rings is 2. The van der Waals surface area contributed by atoms with E-state index in [1.54, 1.807) is 17.4 Å². The number of amides is 2. The number of fused-ring (bicyclic) bond motifs is 1. The monoisotopic (exact) mass is 466 g/mol. The van der Waals surface area contributed by atoms with Crippen molar-refractivity contribution in [1.29, 1.82) is 0 Å².